The molecule has 0 aliphatic heterocycles. The first-order chi connectivity index (χ1) is 20.5. The lowest BCUT2D eigenvalue weighted by atomic mass is 9.93. The van der Waals surface area contributed by atoms with Crippen LogP contribution in [-0.4, -0.2) is 24.3 Å². The summed E-state index contributed by atoms with van der Waals surface area (Å²) < 4.78 is 11.2. The Bertz CT molecular complexity index is 2090. The molecule has 0 atom stereocenters. The average molecular weight is 549 g/mol. The van der Waals surface area contributed by atoms with Crippen LogP contribution in [0.3, 0.4) is 0 Å². The second-order valence-electron chi connectivity index (χ2n) is 10.6. The number of rotatable bonds is 5. The minimum Gasteiger partial charge on any atom is -0.460 e. The highest BCUT2D eigenvalue weighted by molar-refractivity contribution is 6.25. The molecule has 4 nitrogen and oxygen atoms in total. The molecule has 8 aromatic carbocycles. The molecule has 0 aromatic heterocycles. The summed E-state index contributed by atoms with van der Waals surface area (Å²) in [5.41, 5.74) is 0.350. The topological polar surface area (TPSA) is 55.8 Å². The molecule has 4 heteroatoms. The van der Waals surface area contributed by atoms with E-state index in [9.17, 15) is 4.79 Å². The second-order valence-corrected chi connectivity index (χ2v) is 10.6. The molecule has 1 N–H and O–H groups in total. The SMILES string of the molecule is C=C(C)C(=O)OCCO.c1cc2ccc3ccc(Oc4ccc5ccc6cccc7ccc4c5c67)c4ccc(c1)c2c34. The number of carbonyl (C=O) groups excluding carboxylic acids is 1. The Hall–Kier alpha value is -5.19. The van der Waals surface area contributed by atoms with Gasteiger partial charge in [-0.15, -0.1) is 0 Å². The van der Waals surface area contributed by atoms with Gasteiger partial charge in [0.1, 0.15) is 18.1 Å². The molecule has 0 unspecified atom stereocenters. The highest BCUT2D eigenvalue weighted by atomic mass is 16.5. The number of hydrogen-bond donors (Lipinski definition) is 1. The van der Waals surface area contributed by atoms with E-state index in [1.807, 2.05) is 0 Å². The van der Waals surface area contributed by atoms with Crippen molar-refractivity contribution in [3.8, 4) is 11.5 Å². The predicted octanol–water partition coefficient (Wildman–Crippen LogP) is 9.37. The van der Waals surface area contributed by atoms with Crippen LogP contribution in [0.2, 0.25) is 0 Å². The average Bonchev–Trinajstić information content (AvgIpc) is 3.03. The number of aliphatic hydroxyl groups excluding tert-OH is 1. The highest BCUT2D eigenvalue weighted by Gasteiger charge is 2.15. The molecule has 0 spiro atoms. The Balaban J connectivity index is 0.000000281. The molecule has 0 heterocycles. The van der Waals surface area contributed by atoms with Crippen LogP contribution < -0.4 is 4.74 Å². The monoisotopic (exact) mass is 548 g/mol. The number of benzene rings is 8. The molecule has 0 bridgehead atoms. The largest absolute Gasteiger partial charge is 0.460 e. The summed E-state index contributed by atoms with van der Waals surface area (Å²) in [4.78, 5) is 10.5. The number of aliphatic hydroxyl groups is 1. The number of hydrogen-bond acceptors (Lipinski definition) is 4. The van der Waals surface area contributed by atoms with Crippen molar-refractivity contribution in [2.45, 2.75) is 6.92 Å². The predicted molar refractivity (Wildman–Crippen MR) is 173 cm³/mol. The van der Waals surface area contributed by atoms with Gasteiger partial charge in [-0.05, 0) is 74.3 Å². The van der Waals surface area contributed by atoms with Crippen molar-refractivity contribution in [1.29, 1.82) is 0 Å². The minimum atomic E-state index is -0.455. The van der Waals surface area contributed by atoms with Gasteiger partial charge in [-0.2, -0.15) is 0 Å². The fourth-order valence-corrected chi connectivity index (χ4v) is 5.98. The van der Waals surface area contributed by atoms with Crippen LogP contribution in [0.4, 0.5) is 0 Å². The molecule has 0 aliphatic rings. The van der Waals surface area contributed by atoms with Gasteiger partial charge in [0.05, 0.1) is 6.61 Å². The molecule has 0 fully saturated rings. The third kappa shape index (κ3) is 4.25. The molecule has 8 aromatic rings. The molecule has 0 saturated heterocycles. The van der Waals surface area contributed by atoms with Crippen molar-refractivity contribution in [2.24, 2.45) is 0 Å². The summed E-state index contributed by atoms with van der Waals surface area (Å²) in [6.45, 7) is 4.81. The molecular formula is C38H28O4. The summed E-state index contributed by atoms with van der Waals surface area (Å²) >= 11 is 0. The summed E-state index contributed by atoms with van der Waals surface area (Å²) in [6, 6.07) is 39.3. The van der Waals surface area contributed by atoms with E-state index in [1.54, 1.807) is 6.92 Å². The van der Waals surface area contributed by atoms with E-state index < -0.39 is 5.97 Å². The van der Waals surface area contributed by atoms with Crippen LogP contribution in [0, 0.1) is 0 Å². The Kier molecular flexibility index (Phi) is 6.34. The van der Waals surface area contributed by atoms with E-state index in [2.05, 4.69) is 121 Å². The van der Waals surface area contributed by atoms with E-state index in [0.29, 0.717) is 5.57 Å². The Morgan fingerprint density at radius 3 is 1.38 bits per heavy atom. The normalized spacial score (nSPS) is 11.5. The quantitative estimate of drug-likeness (QED) is 0.132. The van der Waals surface area contributed by atoms with Crippen molar-refractivity contribution in [3.05, 3.63) is 121 Å². The molecule has 0 aliphatic carbocycles. The van der Waals surface area contributed by atoms with Crippen molar-refractivity contribution in [2.75, 3.05) is 13.2 Å². The number of esters is 1. The maximum atomic E-state index is 10.5. The van der Waals surface area contributed by atoms with Crippen LogP contribution in [0.1, 0.15) is 6.92 Å². The van der Waals surface area contributed by atoms with Crippen LogP contribution in [0.15, 0.2) is 121 Å². The van der Waals surface area contributed by atoms with Gasteiger partial charge >= 0.3 is 5.97 Å². The fourth-order valence-electron chi connectivity index (χ4n) is 5.98. The van der Waals surface area contributed by atoms with Crippen LogP contribution in [0.25, 0.3) is 64.6 Å². The zero-order valence-corrected chi connectivity index (χ0v) is 23.2. The third-order valence-electron chi connectivity index (χ3n) is 7.87. The van der Waals surface area contributed by atoms with Crippen molar-refractivity contribution in [1.82, 2.24) is 0 Å². The molecule has 204 valence electrons. The maximum absolute atomic E-state index is 10.5. The first-order valence-corrected chi connectivity index (χ1v) is 14.0. The van der Waals surface area contributed by atoms with E-state index in [0.717, 1.165) is 22.3 Å². The first kappa shape index (κ1) is 25.8. The molecule has 8 rings (SSSR count). The Labute approximate surface area is 242 Å². The summed E-state index contributed by atoms with van der Waals surface area (Å²) in [7, 11) is 0. The van der Waals surface area contributed by atoms with Crippen molar-refractivity contribution >= 4 is 70.6 Å². The molecule has 0 amide bonds. The summed E-state index contributed by atoms with van der Waals surface area (Å²) in [5, 5.41) is 23.3. The van der Waals surface area contributed by atoms with Gasteiger partial charge in [0.2, 0.25) is 0 Å². The zero-order chi connectivity index (χ0) is 28.8. The van der Waals surface area contributed by atoms with Gasteiger partial charge in [-0.3, -0.25) is 0 Å². The fraction of sp³-hybridized carbons (Fsp3) is 0.0789. The van der Waals surface area contributed by atoms with Gasteiger partial charge in [0.25, 0.3) is 0 Å². The molecular weight excluding hydrogens is 520 g/mol. The lowest BCUT2D eigenvalue weighted by Gasteiger charge is -2.17. The van der Waals surface area contributed by atoms with Crippen molar-refractivity contribution in [3.63, 3.8) is 0 Å². The molecule has 0 radical (unpaired) electrons. The van der Waals surface area contributed by atoms with E-state index in [-0.39, 0.29) is 13.2 Å². The van der Waals surface area contributed by atoms with E-state index >= 15 is 0 Å². The van der Waals surface area contributed by atoms with Gasteiger partial charge in [-0.25, -0.2) is 4.79 Å². The van der Waals surface area contributed by atoms with Crippen LogP contribution >= 0.6 is 0 Å². The maximum Gasteiger partial charge on any atom is 0.333 e. The highest BCUT2D eigenvalue weighted by Crippen LogP contribution is 2.43. The van der Waals surface area contributed by atoms with Crippen LogP contribution in [0.5, 0.6) is 11.5 Å². The molecule has 42 heavy (non-hydrogen) atoms. The van der Waals surface area contributed by atoms with E-state index in [4.69, 9.17) is 9.84 Å². The summed E-state index contributed by atoms with van der Waals surface area (Å²) in [5.74, 6) is 1.34. The third-order valence-corrected chi connectivity index (χ3v) is 7.87. The number of ether oxygens (including phenoxy) is 2. The minimum absolute atomic E-state index is 0.0473. The van der Waals surface area contributed by atoms with Crippen molar-refractivity contribution < 1.29 is 19.4 Å². The van der Waals surface area contributed by atoms with E-state index in [1.165, 1.54) is 53.9 Å². The van der Waals surface area contributed by atoms with Gasteiger partial charge in [-0.1, -0.05) is 91.5 Å². The first-order valence-electron chi connectivity index (χ1n) is 14.0. The summed E-state index contributed by atoms with van der Waals surface area (Å²) in [6.07, 6.45) is 0. The smallest absolute Gasteiger partial charge is 0.333 e. The Morgan fingerprint density at radius 2 is 0.976 bits per heavy atom. The van der Waals surface area contributed by atoms with Crippen LogP contribution in [-0.2, 0) is 9.53 Å². The zero-order valence-electron chi connectivity index (χ0n) is 23.2. The second kappa shape index (κ2) is 10.3. The van der Waals surface area contributed by atoms with Gasteiger partial charge in [0, 0.05) is 27.1 Å². The van der Waals surface area contributed by atoms with Gasteiger partial charge < -0.3 is 14.6 Å². The lowest BCUT2D eigenvalue weighted by Crippen LogP contribution is -2.08. The molecule has 0 saturated carbocycles. The van der Waals surface area contributed by atoms with Gasteiger partial charge in [0.15, 0.2) is 0 Å². The standard InChI is InChI=1S/C32H18O.C6H10O3/c1-3-19-7-9-23-13-17-27(25-15-11-21(5-1)29(19)31(23)25)33-28-18-14-24-10-8-20-4-2-6-22-12-16-26(28)32(24)30(20)22;1-5(2)6(8)9-4-3-7/h1-18H;7H,1,3-4H2,2H3. The number of carbonyl (C=O) groups is 1. The Morgan fingerprint density at radius 1 is 0.595 bits per heavy atom. The lowest BCUT2D eigenvalue weighted by molar-refractivity contribution is -0.139.